The van der Waals surface area contributed by atoms with Crippen molar-refractivity contribution >= 4 is 0 Å². The molecule has 1 aromatic carbocycles. The van der Waals surface area contributed by atoms with Gasteiger partial charge in [-0.3, -0.25) is 0 Å². The van der Waals surface area contributed by atoms with Crippen LogP contribution in [0.25, 0.3) is 5.69 Å². The van der Waals surface area contributed by atoms with Gasteiger partial charge in [-0.2, -0.15) is 5.10 Å². The Morgan fingerprint density at radius 2 is 2.00 bits per heavy atom. The molecule has 0 spiro atoms. The summed E-state index contributed by atoms with van der Waals surface area (Å²) in [4.78, 5) is 0. The molecule has 2 nitrogen and oxygen atoms in total. The van der Waals surface area contributed by atoms with Gasteiger partial charge >= 0.3 is 0 Å². The van der Waals surface area contributed by atoms with Crippen LogP contribution in [-0.4, -0.2) is 9.78 Å². The Balaban J connectivity index is 2.46. The Labute approximate surface area is 65.1 Å². The maximum Gasteiger partial charge on any atom is 0.0645 e. The Hall–Kier alpha value is -1.57. The number of nitrogens with zero attached hydrogens (tertiary/aromatic N) is 2. The highest BCUT2D eigenvalue weighted by Crippen LogP contribution is 2.02. The summed E-state index contributed by atoms with van der Waals surface area (Å²) in [5.41, 5.74) is 1.06. The van der Waals surface area contributed by atoms with Crippen molar-refractivity contribution in [3.05, 3.63) is 48.8 Å². The van der Waals surface area contributed by atoms with Crippen molar-refractivity contribution in [1.82, 2.24) is 9.78 Å². The molecule has 2 heteroatoms. The Morgan fingerprint density at radius 1 is 1.18 bits per heavy atom. The fourth-order valence-corrected chi connectivity index (χ4v) is 0.955. The summed E-state index contributed by atoms with van der Waals surface area (Å²) in [7, 11) is 0. The second kappa shape index (κ2) is 2.58. The first-order valence-corrected chi connectivity index (χ1v) is 3.43. The minimum absolute atomic E-state index is 1.06. The fourth-order valence-electron chi connectivity index (χ4n) is 0.955. The van der Waals surface area contributed by atoms with Gasteiger partial charge in [-0.1, -0.05) is 18.2 Å². The zero-order chi connectivity index (χ0) is 7.52. The van der Waals surface area contributed by atoms with E-state index in [4.69, 9.17) is 0 Å². The van der Waals surface area contributed by atoms with Crippen molar-refractivity contribution in [2.75, 3.05) is 0 Å². The summed E-state index contributed by atoms with van der Waals surface area (Å²) in [6, 6.07) is 12.8. The zero-order valence-electron chi connectivity index (χ0n) is 5.94. The highest BCUT2D eigenvalue weighted by Gasteiger charge is 1.90. The van der Waals surface area contributed by atoms with Crippen molar-refractivity contribution in [2.45, 2.75) is 0 Å². The van der Waals surface area contributed by atoms with E-state index in [0.29, 0.717) is 0 Å². The summed E-state index contributed by atoms with van der Waals surface area (Å²) < 4.78 is 1.78. The number of hydrogen-bond donors (Lipinski definition) is 0. The predicted octanol–water partition coefficient (Wildman–Crippen LogP) is 1.67. The smallest absolute Gasteiger partial charge is 0.0645 e. The molecule has 0 aliphatic carbocycles. The van der Waals surface area contributed by atoms with Gasteiger partial charge in [0, 0.05) is 12.3 Å². The quantitative estimate of drug-likeness (QED) is 0.593. The lowest BCUT2D eigenvalue weighted by molar-refractivity contribution is 0.880. The van der Waals surface area contributed by atoms with Crippen LogP contribution >= 0.6 is 0 Å². The van der Waals surface area contributed by atoms with Gasteiger partial charge in [-0.05, 0) is 12.1 Å². The van der Waals surface area contributed by atoms with Crippen LogP contribution in [0.2, 0.25) is 0 Å². The van der Waals surface area contributed by atoms with Crippen molar-refractivity contribution < 1.29 is 0 Å². The van der Waals surface area contributed by atoms with E-state index in [9.17, 15) is 0 Å². The van der Waals surface area contributed by atoms with Crippen molar-refractivity contribution in [1.29, 1.82) is 0 Å². The van der Waals surface area contributed by atoms with Crippen molar-refractivity contribution in [3.8, 4) is 5.69 Å². The second-order valence-electron chi connectivity index (χ2n) is 2.22. The topological polar surface area (TPSA) is 17.8 Å². The predicted molar refractivity (Wildman–Crippen MR) is 42.4 cm³/mol. The number of aromatic nitrogens is 2. The molecule has 1 radical (unpaired) electrons. The molecule has 1 aromatic heterocycles. The van der Waals surface area contributed by atoms with Crippen LogP contribution < -0.4 is 0 Å². The monoisotopic (exact) mass is 143 g/mol. The molecular weight excluding hydrogens is 136 g/mol. The largest absolute Gasteiger partial charge is 0.240 e. The van der Waals surface area contributed by atoms with E-state index in [1.54, 1.807) is 17.1 Å². The lowest BCUT2D eigenvalue weighted by Crippen LogP contribution is -1.92. The molecule has 0 amide bonds. The molecule has 0 N–H and O–H groups in total. The van der Waals surface area contributed by atoms with E-state index in [-0.39, 0.29) is 0 Å². The molecule has 0 atom stereocenters. The molecule has 0 saturated heterocycles. The van der Waals surface area contributed by atoms with Gasteiger partial charge in [0.1, 0.15) is 0 Å². The maximum atomic E-state index is 4.05. The van der Waals surface area contributed by atoms with Crippen molar-refractivity contribution in [3.63, 3.8) is 0 Å². The minimum atomic E-state index is 1.06. The molecule has 2 rings (SSSR count). The first-order valence-electron chi connectivity index (χ1n) is 3.43. The van der Waals surface area contributed by atoms with E-state index in [0.717, 1.165) is 5.69 Å². The molecule has 0 unspecified atom stereocenters. The third kappa shape index (κ3) is 1.15. The van der Waals surface area contributed by atoms with Gasteiger partial charge in [0.05, 0.1) is 11.9 Å². The average Bonchev–Trinajstić information content (AvgIpc) is 2.58. The fraction of sp³-hybridized carbons (Fsp3) is 0. The molecule has 2 aromatic rings. The first-order chi connectivity index (χ1) is 5.47. The SMILES string of the molecule is [c]1cnn(-c2ccccc2)c1. The van der Waals surface area contributed by atoms with Gasteiger partial charge in [0.2, 0.25) is 0 Å². The number of benzene rings is 1. The molecule has 0 bridgehead atoms. The standard InChI is InChI=1S/C9H7N2/c1-2-5-9(6-3-1)11-8-4-7-10-11/h1-3,5-8H. The van der Waals surface area contributed by atoms with Gasteiger partial charge < -0.3 is 0 Å². The van der Waals surface area contributed by atoms with Crippen LogP contribution in [0.5, 0.6) is 0 Å². The van der Waals surface area contributed by atoms with Gasteiger partial charge in [-0.25, -0.2) is 4.68 Å². The van der Waals surface area contributed by atoms with Gasteiger partial charge in [-0.15, -0.1) is 0 Å². The second-order valence-corrected chi connectivity index (χ2v) is 2.22. The summed E-state index contributed by atoms with van der Waals surface area (Å²) in [5, 5.41) is 4.05. The Bertz CT molecular complexity index is 311. The average molecular weight is 143 g/mol. The number of para-hydroxylation sites is 1. The van der Waals surface area contributed by atoms with Crippen LogP contribution in [-0.2, 0) is 0 Å². The molecular formula is C9H7N2. The van der Waals surface area contributed by atoms with Gasteiger partial charge in [0.25, 0.3) is 0 Å². The molecule has 53 valence electrons. The molecule has 0 aliphatic rings. The summed E-state index contributed by atoms with van der Waals surface area (Å²) in [6.07, 6.45) is 3.45. The number of rotatable bonds is 1. The third-order valence-electron chi connectivity index (χ3n) is 1.47. The number of hydrogen-bond acceptors (Lipinski definition) is 1. The summed E-state index contributed by atoms with van der Waals surface area (Å²) in [5.74, 6) is 0. The lowest BCUT2D eigenvalue weighted by atomic mass is 10.3. The lowest BCUT2D eigenvalue weighted by Gasteiger charge is -1.97. The van der Waals surface area contributed by atoms with E-state index < -0.39 is 0 Å². The van der Waals surface area contributed by atoms with E-state index in [1.807, 2.05) is 30.3 Å². The van der Waals surface area contributed by atoms with Crippen LogP contribution in [0, 0.1) is 6.07 Å². The maximum absolute atomic E-state index is 4.05. The minimum Gasteiger partial charge on any atom is -0.240 e. The Morgan fingerprint density at radius 3 is 2.64 bits per heavy atom. The van der Waals surface area contributed by atoms with Crippen LogP contribution in [0.15, 0.2) is 42.7 Å². The normalized spacial score (nSPS) is 9.82. The van der Waals surface area contributed by atoms with Gasteiger partial charge in [0.15, 0.2) is 0 Å². The zero-order valence-corrected chi connectivity index (χ0v) is 5.94. The third-order valence-corrected chi connectivity index (χ3v) is 1.47. The molecule has 0 aliphatic heterocycles. The van der Waals surface area contributed by atoms with Crippen LogP contribution in [0.3, 0.4) is 0 Å². The van der Waals surface area contributed by atoms with E-state index >= 15 is 0 Å². The van der Waals surface area contributed by atoms with E-state index in [2.05, 4.69) is 11.2 Å². The highest BCUT2D eigenvalue weighted by atomic mass is 15.3. The first kappa shape index (κ1) is 6.16. The van der Waals surface area contributed by atoms with Crippen LogP contribution in [0.4, 0.5) is 0 Å². The summed E-state index contributed by atoms with van der Waals surface area (Å²) >= 11 is 0. The molecule has 0 fully saturated rings. The summed E-state index contributed by atoms with van der Waals surface area (Å²) in [6.45, 7) is 0. The Kier molecular flexibility index (Phi) is 1.44. The molecule has 1 heterocycles. The van der Waals surface area contributed by atoms with E-state index in [1.165, 1.54) is 0 Å². The van der Waals surface area contributed by atoms with Crippen molar-refractivity contribution in [2.24, 2.45) is 0 Å². The molecule has 0 saturated carbocycles. The van der Waals surface area contributed by atoms with Crippen LogP contribution in [0.1, 0.15) is 0 Å². The molecule has 11 heavy (non-hydrogen) atoms. The highest BCUT2D eigenvalue weighted by molar-refractivity contribution is 5.29.